The van der Waals surface area contributed by atoms with Crippen molar-refractivity contribution >= 4 is 73.1 Å². The first kappa shape index (κ1) is 38.5. The minimum Gasteiger partial charge on any atom is -0.378 e. The molecule has 5 N–H and O–H groups in total. The van der Waals surface area contributed by atoms with Crippen LogP contribution in [0.15, 0.2) is 54.9 Å². The van der Waals surface area contributed by atoms with E-state index in [0.29, 0.717) is 34.9 Å². The third kappa shape index (κ3) is 12.2. The summed E-state index contributed by atoms with van der Waals surface area (Å²) in [6, 6.07) is 7.38. The Morgan fingerprint density at radius 2 is 1.51 bits per heavy atom. The molecule has 1 aliphatic rings. The minimum absolute atomic E-state index is 0.0446. The van der Waals surface area contributed by atoms with Crippen LogP contribution in [0.25, 0.3) is 21.8 Å². The lowest BCUT2D eigenvalue weighted by Gasteiger charge is -2.17. The third-order valence-electron chi connectivity index (χ3n) is 7.63. The average molecular weight is 726 g/mol. The van der Waals surface area contributed by atoms with E-state index >= 15 is 0 Å². The molecule has 4 rings (SSSR count). The van der Waals surface area contributed by atoms with Crippen molar-refractivity contribution in [2.75, 3.05) is 43.9 Å². The van der Waals surface area contributed by atoms with Crippen molar-refractivity contribution in [3.05, 3.63) is 54.9 Å². The van der Waals surface area contributed by atoms with Crippen molar-refractivity contribution in [2.45, 2.75) is 44.6 Å². The molecule has 3 aromatic rings. The Hall–Kier alpha value is -5.33. The fourth-order valence-electron chi connectivity index (χ4n) is 5.17. The molecule has 3 heterocycles. The number of nitrogens with zero attached hydrogens (tertiary/aromatic N) is 3. The number of pyridine rings is 2. The second kappa shape index (κ2) is 18.6. The summed E-state index contributed by atoms with van der Waals surface area (Å²) < 4.78 is 37.7. The standard InChI is InChI=1S/C33H39N7O10S/c41-26(34-16-18-50-19-17-40-29(44)11-12-30(40)45)8-1-2-13-37-33(46)25(21-51(47,48)49)39-28(43)10-3-9-27(42)38-24-20-22-6-4-14-35-31(22)32-23(24)7-5-15-36-32/h4-7,11-12,14-15,20,25H,1-3,8-10,13,16-19,21H2,(H,34,41)(H,37,46)(H,38,42)(H,39,43)(H,47,48,49). The molecule has 51 heavy (non-hydrogen) atoms. The van der Waals surface area contributed by atoms with Gasteiger partial charge < -0.3 is 26.0 Å². The van der Waals surface area contributed by atoms with Gasteiger partial charge >= 0.3 is 0 Å². The third-order valence-corrected chi connectivity index (χ3v) is 8.38. The summed E-state index contributed by atoms with van der Waals surface area (Å²) in [5.41, 5.74) is 1.85. The summed E-state index contributed by atoms with van der Waals surface area (Å²) >= 11 is 0. The number of carbonyl (C=O) groups is 6. The SMILES string of the molecule is O=C(CCCCNC(=O)C(CS(=O)(=O)O)NC(=O)CCCC(=O)Nc1cc2cccnc2c2ncccc12)NCCOCCN1C(=O)C=CC1=O. The highest BCUT2D eigenvalue weighted by Gasteiger charge is 2.26. The topological polar surface area (TPSA) is 243 Å². The van der Waals surface area contributed by atoms with Gasteiger partial charge in [-0.2, -0.15) is 8.42 Å². The zero-order chi connectivity index (χ0) is 36.8. The van der Waals surface area contributed by atoms with Gasteiger partial charge in [-0.15, -0.1) is 0 Å². The Morgan fingerprint density at radius 3 is 2.25 bits per heavy atom. The van der Waals surface area contributed by atoms with Gasteiger partial charge in [-0.05, 0) is 43.5 Å². The molecule has 0 aliphatic carbocycles. The molecule has 0 saturated heterocycles. The molecule has 0 bridgehead atoms. The maximum Gasteiger partial charge on any atom is 0.267 e. The van der Waals surface area contributed by atoms with Crippen molar-refractivity contribution in [1.29, 1.82) is 0 Å². The van der Waals surface area contributed by atoms with Crippen LogP contribution in [0, 0.1) is 0 Å². The van der Waals surface area contributed by atoms with Crippen LogP contribution in [-0.4, -0.2) is 108 Å². The summed E-state index contributed by atoms with van der Waals surface area (Å²) in [6.07, 6.45) is 6.41. The Kier molecular flexibility index (Phi) is 14.0. The molecular weight excluding hydrogens is 686 g/mol. The fourth-order valence-corrected chi connectivity index (χ4v) is 5.82. The fraction of sp³-hybridized carbons (Fsp3) is 0.394. The van der Waals surface area contributed by atoms with Crippen molar-refractivity contribution in [3.63, 3.8) is 0 Å². The van der Waals surface area contributed by atoms with E-state index < -0.39 is 45.5 Å². The number of nitrogens with one attached hydrogen (secondary N) is 4. The number of hydrogen-bond acceptors (Lipinski definition) is 11. The van der Waals surface area contributed by atoms with Gasteiger partial charge in [0.2, 0.25) is 23.6 Å². The van der Waals surface area contributed by atoms with Crippen LogP contribution in [0.5, 0.6) is 0 Å². The van der Waals surface area contributed by atoms with E-state index in [0.717, 1.165) is 10.3 Å². The van der Waals surface area contributed by atoms with E-state index in [-0.39, 0.29) is 70.3 Å². The molecule has 0 fully saturated rings. The van der Waals surface area contributed by atoms with Crippen molar-refractivity contribution in [2.24, 2.45) is 0 Å². The van der Waals surface area contributed by atoms with Gasteiger partial charge in [0.25, 0.3) is 21.9 Å². The number of imide groups is 1. The highest BCUT2D eigenvalue weighted by molar-refractivity contribution is 7.85. The molecule has 0 saturated carbocycles. The predicted molar refractivity (Wildman–Crippen MR) is 184 cm³/mol. The number of aromatic nitrogens is 2. The minimum atomic E-state index is -4.63. The predicted octanol–water partition coefficient (Wildman–Crippen LogP) is 0.609. The van der Waals surface area contributed by atoms with E-state index in [1.807, 2.05) is 12.1 Å². The van der Waals surface area contributed by atoms with Crippen LogP contribution >= 0.6 is 0 Å². The van der Waals surface area contributed by atoms with E-state index in [9.17, 15) is 41.7 Å². The van der Waals surface area contributed by atoms with Crippen molar-refractivity contribution in [1.82, 2.24) is 30.8 Å². The lowest BCUT2D eigenvalue weighted by atomic mass is 10.1. The Bertz CT molecular complexity index is 1900. The quantitative estimate of drug-likeness (QED) is 0.0466. The van der Waals surface area contributed by atoms with E-state index in [2.05, 4.69) is 31.2 Å². The van der Waals surface area contributed by atoms with Crippen molar-refractivity contribution in [3.8, 4) is 0 Å². The molecule has 6 amide bonds. The maximum atomic E-state index is 12.7. The number of benzene rings is 1. The largest absolute Gasteiger partial charge is 0.378 e. The van der Waals surface area contributed by atoms with Gasteiger partial charge in [0.15, 0.2) is 0 Å². The number of fused-ring (bicyclic) bond motifs is 3. The average Bonchev–Trinajstić information content (AvgIpc) is 3.41. The molecule has 0 spiro atoms. The van der Waals surface area contributed by atoms with Gasteiger partial charge in [0, 0.05) is 67.7 Å². The van der Waals surface area contributed by atoms with Crippen LogP contribution in [0.1, 0.15) is 38.5 Å². The molecule has 1 aromatic carbocycles. The number of hydrogen-bond donors (Lipinski definition) is 5. The van der Waals surface area contributed by atoms with E-state index in [1.165, 1.54) is 12.2 Å². The van der Waals surface area contributed by atoms with Gasteiger partial charge in [0.1, 0.15) is 11.8 Å². The van der Waals surface area contributed by atoms with Gasteiger partial charge in [-0.3, -0.25) is 48.2 Å². The summed E-state index contributed by atoms with van der Waals surface area (Å²) in [5.74, 6) is -3.99. The molecule has 0 radical (unpaired) electrons. The first-order valence-corrected chi connectivity index (χ1v) is 17.8. The molecule has 272 valence electrons. The highest BCUT2D eigenvalue weighted by Crippen LogP contribution is 2.29. The van der Waals surface area contributed by atoms with E-state index in [1.54, 1.807) is 30.6 Å². The van der Waals surface area contributed by atoms with Crippen LogP contribution in [0.2, 0.25) is 0 Å². The second-order valence-electron chi connectivity index (χ2n) is 11.5. The monoisotopic (exact) mass is 725 g/mol. The molecule has 1 atom stereocenters. The van der Waals surface area contributed by atoms with Crippen LogP contribution in [0.3, 0.4) is 0 Å². The number of rotatable bonds is 20. The first-order valence-electron chi connectivity index (χ1n) is 16.2. The summed E-state index contributed by atoms with van der Waals surface area (Å²) in [6.45, 7) is 0.712. The molecule has 18 heteroatoms. The molecule has 1 unspecified atom stereocenters. The van der Waals surface area contributed by atoms with Crippen LogP contribution in [-0.2, 0) is 43.6 Å². The number of carbonyl (C=O) groups excluding carboxylic acids is 6. The number of unbranched alkanes of at least 4 members (excludes halogenated alkanes) is 1. The molecule has 17 nitrogen and oxygen atoms in total. The smallest absolute Gasteiger partial charge is 0.267 e. The second-order valence-corrected chi connectivity index (χ2v) is 13.0. The van der Waals surface area contributed by atoms with Crippen LogP contribution in [0.4, 0.5) is 5.69 Å². The van der Waals surface area contributed by atoms with E-state index in [4.69, 9.17) is 4.74 Å². The molecule has 2 aromatic heterocycles. The molecular formula is C33H39N7O10S. The van der Waals surface area contributed by atoms with Gasteiger partial charge in [-0.1, -0.05) is 6.07 Å². The van der Waals surface area contributed by atoms with Gasteiger partial charge in [-0.25, -0.2) is 0 Å². The van der Waals surface area contributed by atoms with Crippen molar-refractivity contribution < 1.29 is 46.5 Å². The first-order chi connectivity index (χ1) is 24.4. The lowest BCUT2D eigenvalue weighted by Crippen LogP contribution is -2.50. The summed E-state index contributed by atoms with van der Waals surface area (Å²) in [7, 11) is -4.63. The summed E-state index contributed by atoms with van der Waals surface area (Å²) in [4.78, 5) is 82.8. The maximum absolute atomic E-state index is 12.7. The Morgan fingerprint density at radius 1 is 0.824 bits per heavy atom. The number of ether oxygens (including phenoxy) is 1. The zero-order valence-corrected chi connectivity index (χ0v) is 28.4. The number of anilines is 1. The normalized spacial score (nSPS) is 13.4. The lowest BCUT2D eigenvalue weighted by molar-refractivity contribution is -0.137. The highest BCUT2D eigenvalue weighted by atomic mass is 32.2. The Balaban J connectivity index is 1.12. The molecule has 1 aliphatic heterocycles. The zero-order valence-electron chi connectivity index (χ0n) is 27.6. The summed E-state index contributed by atoms with van der Waals surface area (Å²) in [5, 5.41) is 11.8. The van der Waals surface area contributed by atoms with Gasteiger partial charge in [0.05, 0.1) is 36.5 Å². The van der Waals surface area contributed by atoms with Crippen LogP contribution < -0.4 is 21.3 Å². The number of amides is 6. The Labute approximate surface area is 293 Å².